The second-order valence-electron chi connectivity index (χ2n) is 4.36. The Hall–Kier alpha value is -0.610. The third-order valence-corrected chi connectivity index (χ3v) is 4.21. The van der Waals surface area contributed by atoms with Gasteiger partial charge in [0.15, 0.2) is 0 Å². The molecule has 0 aliphatic heterocycles. The van der Waals surface area contributed by atoms with Crippen molar-refractivity contribution < 1.29 is 0 Å². The van der Waals surface area contributed by atoms with E-state index in [9.17, 15) is 0 Å². The zero-order valence-corrected chi connectivity index (χ0v) is 10.1. The summed E-state index contributed by atoms with van der Waals surface area (Å²) < 4.78 is 0. The lowest BCUT2D eigenvalue weighted by atomic mass is 10.1. The third-order valence-electron chi connectivity index (χ3n) is 2.67. The molecule has 14 heavy (non-hydrogen) atoms. The summed E-state index contributed by atoms with van der Waals surface area (Å²) in [5.41, 5.74) is 4.27. The lowest BCUT2D eigenvalue weighted by Crippen LogP contribution is -2.04. The Morgan fingerprint density at radius 2 is 1.71 bits per heavy atom. The average molecular weight is 204 g/mol. The molecule has 1 aromatic carbocycles. The molecule has 0 saturated heterocycles. The van der Waals surface area contributed by atoms with E-state index in [1.165, 1.54) is 43.0 Å². The topological polar surface area (TPSA) is 0 Å². The average Bonchev–Trinajstić information content (AvgIpc) is 2.85. The minimum Gasteiger partial charge on any atom is -0.0720 e. The van der Waals surface area contributed by atoms with E-state index >= 15 is 0 Å². The molecule has 1 heteroatoms. The van der Waals surface area contributed by atoms with Gasteiger partial charge in [-0.3, -0.25) is 0 Å². The molecule has 0 N–H and O–H groups in total. The fraction of sp³-hybridized carbons (Fsp3) is 0.462. The van der Waals surface area contributed by atoms with Crippen LogP contribution in [0.2, 0.25) is 0 Å². The first-order valence-electron chi connectivity index (χ1n) is 5.29. The molecule has 0 aromatic heterocycles. The SMILES string of the molecule is Cc1cc(C)c(P=CC2CC2)c(C)c1. The second-order valence-corrected chi connectivity index (χ2v) is 5.37. The molecule has 74 valence electrons. The number of hydrogen-bond acceptors (Lipinski definition) is 0. The summed E-state index contributed by atoms with van der Waals surface area (Å²) in [7, 11) is 1.42. The van der Waals surface area contributed by atoms with Gasteiger partial charge in [-0.15, -0.1) is 0 Å². The summed E-state index contributed by atoms with van der Waals surface area (Å²) in [6.45, 7) is 6.62. The van der Waals surface area contributed by atoms with Crippen molar-refractivity contribution in [3.63, 3.8) is 0 Å². The predicted molar refractivity (Wildman–Crippen MR) is 66.0 cm³/mol. The first-order valence-corrected chi connectivity index (χ1v) is 6.25. The minimum atomic E-state index is 0.914. The van der Waals surface area contributed by atoms with Gasteiger partial charge >= 0.3 is 0 Å². The summed E-state index contributed by atoms with van der Waals surface area (Å²) in [4.78, 5) is 0. The van der Waals surface area contributed by atoms with E-state index in [0.717, 1.165) is 5.92 Å². The summed E-state index contributed by atoms with van der Waals surface area (Å²) in [6.07, 6.45) is 2.83. The summed E-state index contributed by atoms with van der Waals surface area (Å²) in [5, 5.41) is 1.52. The maximum absolute atomic E-state index is 2.46. The van der Waals surface area contributed by atoms with Crippen molar-refractivity contribution in [2.24, 2.45) is 5.92 Å². The molecule has 0 unspecified atom stereocenters. The number of hydrogen-bond donors (Lipinski definition) is 0. The highest BCUT2D eigenvalue weighted by atomic mass is 31.1. The van der Waals surface area contributed by atoms with Crippen molar-refractivity contribution >= 4 is 19.3 Å². The molecule has 1 saturated carbocycles. The molecule has 0 atom stereocenters. The molecule has 1 aromatic rings. The molecule has 0 spiro atoms. The zero-order valence-electron chi connectivity index (χ0n) is 9.17. The van der Waals surface area contributed by atoms with E-state index in [1.54, 1.807) is 0 Å². The van der Waals surface area contributed by atoms with Crippen LogP contribution in [0, 0.1) is 26.7 Å². The van der Waals surface area contributed by atoms with Gasteiger partial charge in [0.2, 0.25) is 0 Å². The van der Waals surface area contributed by atoms with Gasteiger partial charge in [-0.05, 0) is 50.7 Å². The van der Waals surface area contributed by atoms with Crippen LogP contribution in [0.15, 0.2) is 12.1 Å². The Kier molecular flexibility index (Phi) is 2.74. The lowest BCUT2D eigenvalue weighted by molar-refractivity contribution is 1.26. The van der Waals surface area contributed by atoms with E-state index in [0.29, 0.717) is 0 Å². The molecule has 1 aliphatic carbocycles. The molecule has 2 rings (SSSR count). The van der Waals surface area contributed by atoms with Crippen LogP contribution in [-0.4, -0.2) is 5.80 Å². The van der Waals surface area contributed by atoms with Crippen LogP contribution in [0.4, 0.5) is 0 Å². The Morgan fingerprint density at radius 1 is 1.14 bits per heavy atom. The quantitative estimate of drug-likeness (QED) is 0.648. The standard InChI is InChI=1S/C13H17P/c1-9-6-10(2)13(11(3)7-9)14-8-12-4-5-12/h6-8,12H,4-5H2,1-3H3. The summed E-state index contributed by atoms with van der Waals surface area (Å²) >= 11 is 0. The number of rotatable bonds is 2. The van der Waals surface area contributed by atoms with Gasteiger partial charge in [-0.25, -0.2) is 0 Å². The zero-order chi connectivity index (χ0) is 10.1. The predicted octanol–water partition coefficient (Wildman–Crippen LogP) is 3.40. The van der Waals surface area contributed by atoms with Gasteiger partial charge < -0.3 is 0 Å². The highest BCUT2D eigenvalue weighted by Gasteiger charge is 2.17. The van der Waals surface area contributed by atoms with Crippen LogP contribution < -0.4 is 5.30 Å². The molecular formula is C13H17P. The van der Waals surface area contributed by atoms with Crippen LogP contribution >= 0.6 is 8.20 Å². The Morgan fingerprint density at radius 3 is 2.21 bits per heavy atom. The van der Waals surface area contributed by atoms with Gasteiger partial charge in [-0.2, -0.15) is 0 Å². The Balaban J connectivity index is 2.31. The van der Waals surface area contributed by atoms with E-state index in [-0.39, 0.29) is 0 Å². The van der Waals surface area contributed by atoms with Crippen LogP contribution in [0.25, 0.3) is 0 Å². The third kappa shape index (κ3) is 2.25. The molecule has 1 fully saturated rings. The van der Waals surface area contributed by atoms with Gasteiger partial charge in [0.1, 0.15) is 0 Å². The van der Waals surface area contributed by atoms with E-state index in [2.05, 4.69) is 38.7 Å². The van der Waals surface area contributed by atoms with Crippen LogP contribution in [-0.2, 0) is 0 Å². The van der Waals surface area contributed by atoms with Gasteiger partial charge in [0.25, 0.3) is 0 Å². The highest BCUT2D eigenvalue weighted by molar-refractivity contribution is 7.47. The molecule has 0 nitrogen and oxygen atoms in total. The maximum Gasteiger partial charge on any atom is 0.00734 e. The fourth-order valence-corrected chi connectivity index (χ4v) is 3.00. The number of benzene rings is 1. The Labute approximate surface area is 88.2 Å². The van der Waals surface area contributed by atoms with E-state index < -0.39 is 0 Å². The second kappa shape index (κ2) is 3.87. The van der Waals surface area contributed by atoms with Gasteiger partial charge in [-0.1, -0.05) is 31.7 Å². The molecule has 1 aliphatic rings. The molecule has 0 radical (unpaired) electrons. The van der Waals surface area contributed by atoms with Crippen molar-refractivity contribution in [3.8, 4) is 0 Å². The summed E-state index contributed by atoms with van der Waals surface area (Å²) in [5.74, 6) is 3.38. The highest BCUT2D eigenvalue weighted by Crippen LogP contribution is 2.28. The number of aryl methyl sites for hydroxylation is 3. The smallest absolute Gasteiger partial charge is 0.00734 e. The molecule has 0 heterocycles. The van der Waals surface area contributed by atoms with Crippen molar-refractivity contribution in [3.05, 3.63) is 28.8 Å². The fourth-order valence-electron chi connectivity index (χ4n) is 1.80. The first kappa shape index (κ1) is 9.93. The minimum absolute atomic E-state index is 0.914. The van der Waals surface area contributed by atoms with Crippen molar-refractivity contribution in [1.82, 2.24) is 0 Å². The van der Waals surface area contributed by atoms with Crippen molar-refractivity contribution in [2.75, 3.05) is 0 Å². The van der Waals surface area contributed by atoms with Crippen molar-refractivity contribution in [1.29, 1.82) is 0 Å². The largest absolute Gasteiger partial charge is 0.0720 e. The van der Waals surface area contributed by atoms with Crippen molar-refractivity contribution in [2.45, 2.75) is 33.6 Å². The summed E-state index contributed by atoms with van der Waals surface area (Å²) in [6, 6.07) is 4.58. The van der Waals surface area contributed by atoms with E-state index in [1.807, 2.05) is 0 Å². The molecule has 0 amide bonds. The Bertz CT molecular complexity index is 350. The monoisotopic (exact) mass is 204 g/mol. The first-order chi connectivity index (χ1) is 6.66. The van der Waals surface area contributed by atoms with E-state index in [4.69, 9.17) is 0 Å². The van der Waals surface area contributed by atoms with Crippen LogP contribution in [0.1, 0.15) is 29.5 Å². The maximum atomic E-state index is 2.46. The molecule has 0 bridgehead atoms. The normalized spacial score (nSPS) is 16.5. The van der Waals surface area contributed by atoms with Gasteiger partial charge in [0, 0.05) is 5.30 Å². The van der Waals surface area contributed by atoms with Crippen LogP contribution in [0.5, 0.6) is 0 Å². The van der Waals surface area contributed by atoms with Crippen LogP contribution in [0.3, 0.4) is 0 Å². The lowest BCUT2D eigenvalue weighted by Gasteiger charge is -2.06. The van der Waals surface area contributed by atoms with Gasteiger partial charge in [0.05, 0.1) is 0 Å². The molecular weight excluding hydrogens is 187 g/mol.